The fourth-order valence-corrected chi connectivity index (χ4v) is 4.37. The fraction of sp³-hybridized carbons (Fsp3) is 0.400. The molecule has 3 aromatic rings. The van der Waals surface area contributed by atoms with Crippen molar-refractivity contribution >= 4 is 0 Å². The molecule has 0 saturated carbocycles. The summed E-state index contributed by atoms with van der Waals surface area (Å²) in [5, 5.41) is 0. The highest BCUT2D eigenvalue weighted by Gasteiger charge is 2.17. The monoisotopic (exact) mass is 398 g/mol. The van der Waals surface area contributed by atoms with Crippen molar-refractivity contribution < 1.29 is 0 Å². The van der Waals surface area contributed by atoms with Gasteiger partial charge in [0, 0.05) is 0 Å². The Morgan fingerprint density at radius 1 is 0.533 bits per heavy atom. The molecule has 0 N–H and O–H groups in total. The second-order valence-electron chi connectivity index (χ2n) is 8.73. The molecule has 0 saturated heterocycles. The van der Waals surface area contributed by atoms with Gasteiger partial charge in [-0.1, -0.05) is 100 Å². The Kier molecular flexibility index (Phi) is 8.31. The second-order valence-corrected chi connectivity index (χ2v) is 8.73. The number of rotatable bonds is 10. The predicted octanol–water partition coefficient (Wildman–Crippen LogP) is 8.28. The highest BCUT2D eigenvalue weighted by atomic mass is 14.2. The molecule has 0 heterocycles. The first-order valence-electron chi connectivity index (χ1n) is 11.9. The Hall–Kier alpha value is -2.34. The maximum absolute atomic E-state index is 2.39. The van der Waals surface area contributed by atoms with Crippen LogP contribution < -0.4 is 0 Å². The summed E-state index contributed by atoms with van der Waals surface area (Å²) in [6, 6.07) is 27.9. The van der Waals surface area contributed by atoms with Crippen LogP contribution in [0, 0.1) is 0 Å². The molecule has 30 heavy (non-hydrogen) atoms. The molecule has 3 aromatic carbocycles. The molecular weight excluding hydrogens is 360 g/mol. The number of hydrogen-bond acceptors (Lipinski definition) is 0. The van der Waals surface area contributed by atoms with E-state index in [0.717, 1.165) is 25.7 Å². The van der Waals surface area contributed by atoms with Crippen molar-refractivity contribution in [2.24, 2.45) is 0 Å². The summed E-state index contributed by atoms with van der Waals surface area (Å²) in [5.41, 5.74) is 8.70. The summed E-state index contributed by atoms with van der Waals surface area (Å²) in [6.45, 7) is 9.07. The number of aryl methyl sites for hydroxylation is 4. The van der Waals surface area contributed by atoms with Crippen molar-refractivity contribution in [2.75, 3.05) is 0 Å². The third-order valence-electron chi connectivity index (χ3n) is 6.67. The zero-order valence-corrected chi connectivity index (χ0v) is 19.3. The van der Waals surface area contributed by atoms with Gasteiger partial charge in [-0.3, -0.25) is 0 Å². The van der Waals surface area contributed by atoms with Crippen molar-refractivity contribution in [3.05, 3.63) is 106 Å². The van der Waals surface area contributed by atoms with Crippen LogP contribution in [0.2, 0.25) is 0 Å². The van der Waals surface area contributed by atoms with Gasteiger partial charge in [0.15, 0.2) is 0 Å². The molecule has 2 unspecified atom stereocenters. The lowest BCUT2D eigenvalue weighted by Crippen LogP contribution is -2.07. The summed E-state index contributed by atoms with van der Waals surface area (Å²) in [5.74, 6) is 1.15. The van der Waals surface area contributed by atoms with E-state index in [1.807, 2.05) is 0 Å². The molecule has 0 aromatic heterocycles. The summed E-state index contributed by atoms with van der Waals surface area (Å²) in [4.78, 5) is 0. The van der Waals surface area contributed by atoms with Crippen LogP contribution >= 0.6 is 0 Å². The minimum atomic E-state index is 0.564. The van der Waals surface area contributed by atoms with E-state index >= 15 is 0 Å². The van der Waals surface area contributed by atoms with Gasteiger partial charge in [0.25, 0.3) is 0 Å². The Balaban J connectivity index is 1.74. The summed E-state index contributed by atoms with van der Waals surface area (Å²) < 4.78 is 0. The van der Waals surface area contributed by atoms with E-state index in [4.69, 9.17) is 0 Å². The Morgan fingerprint density at radius 2 is 0.933 bits per heavy atom. The molecule has 0 nitrogen and oxygen atoms in total. The molecule has 0 heteroatoms. The van der Waals surface area contributed by atoms with Crippen molar-refractivity contribution in [1.82, 2.24) is 0 Å². The lowest BCUT2D eigenvalue weighted by atomic mass is 9.82. The molecule has 0 fully saturated rings. The lowest BCUT2D eigenvalue weighted by Gasteiger charge is -2.23. The van der Waals surface area contributed by atoms with E-state index in [9.17, 15) is 0 Å². The first kappa shape index (κ1) is 22.3. The topological polar surface area (TPSA) is 0 Å². The maximum Gasteiger partial charge on any atom is -0.0153 e. The minimum absolute atomic E-state index is 0.564. The molecule has 0 radical (unpaired) electrons. The van der Waals surface area contributed by atoms with Gasteiger partial charge in [-0.05, 0) is 83.7 Å². The van der Waals surface area contributed by atoms with Crippen LogP contribution in [0.5, 0.6) is 0 Å². The maximum atomic E-state index is 2.39. The Labute approximate surface area is 184 Å². The van der Waals surface area contributed by atoms with Crippen LogP contribution in [0.25, 0.3) is 0 Å². The zero-order valence-electron chi connectivity index (χ0n) is 19.3. The SMILES string of the molecule is CCc1ccc(CCC(CC(C)c2ccc(CC)cc2)c2ccc(CC)cc2)cc1. The van der Waals surface area contributed by atoms with Crippen LogP contribution in [0.3, 0.4) is 0 Å². The van der Waals surface area contributed by atoms with Gasteiger partial charge in [0.1, 0.15) is 0 Å². The van der Waals surface area contributed by atoms with Gasteiger partial charge in [-0.2, -0.15) is 0 Å². The fourth-order valence-electron chi connectivity index (χ4n) is 4.37. The molecule has 3 rings (SSSR count). The van der Waals surface area contributed by atoms with Crippen LogP contribution in [-0.4, -0.2) is 0 Å². The van der Waals surface area contributed by atoms with Gasteiger partial charge in [-0.15, -0.1) is 0 Å². The highest BCUT2D eigenvalue weighted by Crippen LogP contribution is 2.33. The van der Waals surface area contributed by atoms with Crippen molar-refractivity contribution in [2.45, 2.75) is 78.1 Å². The van der Waals surface area contributed by atoms with Crippen LogP contribution in [0.15, 0.2) is 72.8 Å². The third kappa shape index (κ3) is 6.08. The first-order valence-corrected chi connectivity index (χ1v) is 11.9. The van der Waals surface area contributed by atoms with E-state index in [1.54, 1.807) is 0 Å². The summed E-state index contributed by atoms with van der Waals surface area (Å²) >= 11 is 0. The largest absolute Gasteiger partial charge is 0.0613 e. The van der Waals surface area contributed by atoms with Gasteiger partial charge >= 0.3 is 0 Å². The highest BCUT2D eigenvalue weighted by molar-refractivity contribution is 5.29. The standard InChI is InChI=1S/C30H38/c1-5-24-8-10-27(11-9-24)16-21-30(29-19-14-26(7-3)15-20-29)22-23(4)28-17-12-25(6-2)13-18-28/h8-15,17-20,23,30H,5-7,16,21-22H2,1-4H3. The number of hydrogen-bond donors (Lipinski definition) is 0. The van der Waals surface area contributed by atoms with Gasteiger partial charge in [0.2, 0.25) is 0 Å². The van der Waals surface area contributed by atoms with Gasteiger partial charge in [0.05, 0.1) is 0 Å². The molecule has 0 aliphatic carbocycles. The van der Waals surface area contributed by atoms with E-state index < -0.39 is 0 Å². The molecule has 0 bridgehead atoms. The van der Waals surface area contributed by atoms with Gasteiger partial charge in [-0.25, -0.2) is 0 Å². The van der Waals surface area contributed by atoms with Crippen molar-refractivity contribution in [3.8, 4) is 0 Å². The Morgan fingerprint density at radius 3 is 1.40 bits per heavy atom. The molecular formula is C30H38. The van der Waals surface area contributed by atoms with Crippen molar-refractivity contribution in [3.63, 3.8) is 0 Å². The van der Waals surface area contributed by atoms with E-state index in [1.165, 1.54) is 46.2 Å². The van der Waals surface area contributed by atoms with E-state index in [0.29, 0.717) is 11.8 Å². The molecule has 158 valence electrons. The molecule has 0 spiro atoms. The Bertz CT molecular complexity index is 869. The zero-order chi connectivity index (χ0) is 21.3. The minimum Gasteiger partial charge on any atom is -0.0613 e. The van der Waals surface area contributed by atoms with Crippen molar-refractivity contribution in [1.29, 1.82) is 0 Å². The summed E-state index contributed by atoms with van der Waals surface area (Å²) in [7, 11) is 0. The predicted molar refractivity (Wildman–Crippen MR) is 132 cm³/mol. The quantitative estimate of drug-likeness (QED) is 0.322. The van der Waals surface area contributed by atoms with E-state index in [2.05, 4.69) is 100 Å². The molecule has 0 amide bonds. The van der Waals surface area contributed by atoms with Crippen LogP contribution in [0.1, 0.15) is 85.8 Å². The first-order chi connectivity index (χ1) is 14.6. The smallest absolute Gasteiger partial charge is 0.0153 e. The van der Waals surface area contributed by atoms with Crippen LogP contribution in [-0.2, 0) is 25.7 Å². The average Bonchev–Trinajstić information content (AvgIpc) is 2.82. The second kappa shape index (κ2) is 11.2. The normalized spacial score (nSPS) is 13.2. The average molecular weight is 399 g/mol. The summed E-state index contributed by atoms with van der Waals surface area (Å²) in [6.07, 6.45) is 6.87. The van der Waals surface area contributed by atoms with Crippen LogP contribution in [0.4, 0.5) is 0 Å². The molecule has 2 atom stereocenters. The molecule has 0 aliphatic heterocycles. The third-order valence-corrected chi connectivity index (χ3v) is 6.67. The number of benzene rings is 3. The van der Waals surface area contributed by atoms with E-state index in [-0.39, 0.29) is 0 Å². The lowest BCUT2D eigenvalue weighted by molar-refractivity contribution is 0.525. The van der Waals surface area contributed by atoms with Gasteiger partial charge < -0.3 is 0 Å². The molecule has 0 aliphatic rings.